The van der Waals surface area contributed by atoms with Crippen LogP contribution in [0.5, 0.6) is 0 Å². The number of hydrogen-bond donors (Lipinski definition) is 0. The fraction of sp³-hybridized carbons (Fsp3) is 0.538. The van der Waals surface area contributed by atoms with Gasteiger partial charge in [-0.05, 0) is 31.0 Å². The number of benzene rings is 1. The van der Waals surface area contributed by atoms with Crippen molar-refractivity contribution >= 4 is 9.04 Å². The summed E-state index contributed by atoms with van der Waals surface area (Å²) in [5, 5.41) is 0. The maximum atomic E-state index is 5.84. The minimum absolute atomic E-state index is 0.828. The molecule has 1 aromatic carbocycles. The van der Waals surface area contributed by atoms with Crippen LogP contribution in [0.2, 0.25) is 12.6 Å². The van der Waals surface area contributed by atoms with E-state index in [9.17, 15) is 0 Å². The normalized spacial score (nSPS) is 12.7. The third kappa shape index (κ3) is 5.75. The predicted molar refractivity (Wildman–Crippen MR) is 68.8 cm³/mol. The predicted octanol–water partition coefficient (Wildman–Crippen LogP) is 3.40. The van der Waals surface area contributed by atoms with Gasteiger partial charge in [-0.2, -0.15) is 0 Å². The van der Waals surface area contributed by atoms with E-state index in [0.29, 0.717) is 0 Å². The molecular weight excluding hydrogens is 200 g/mol. The second-order valence-corrected chi connectivity index (χ2v) is 6.59. The van der Waals surface area contributed by atoms with Crippen molar-refractivity contribution in [3.63, 3.8) is 0 Å². The Bertz CT molecular complexity index is 248. The Balaban J connectivity index is 2.07. The molecule has 2 heteroatoms. The summed E-state index contributed by atoms with van der Waals surface area (Å²) in [5.41, 5.74) is 1.42. The first-order chi connectivity index (χ1) is 7.33. The highest BCUT2D eigenvalue weighted by molar-refractivity contribution is 6.50. The first-order valence-corrected chi connectivity index (χ1v) is 8.42. The molecule has 0 saturated carbocycles. The fourth-order valence-corrected chi connectivity index (χ4v) is 3.24. The van der Waals surface area contributed by atoms with E-state index in [0.717, 1.165) is 19.4 Å². The van der Waals surface area contributed by atoms with Crippen LogP contribution in [0.3, 0.4) is 0 Å². The van der Waals surface area contributed by atoms with Crippen molar-refractivity contribution in [2.24, 2.45) is 0 Å². The van der Waals surface area contributed by atoms with Gasteiger partial charge in [0.2, 0.25) is 0 Å². The zero-order valence-electron chi connectivity index (χ0n) is 9.91. The van der Waals surface area contributed by atoms with Gasteiger partial charge in [0.1, 0.15) is 0 Å². The van der Waals surface area contributed by atoms with Crippen LogP contribution in [0, 0.1) is 0 Å². The maximum absolute atomic E-state index is 5.84. The van der Waals surface area contributed by atoms with Gasteiger partial charge >= 0.3 is 0 Å². The van der Waals surface area contributed by atoms with Crippen molar-refractivity contribution in [1.29, 1.82) is 0 Å². The Labute approximate surface area is 95.2 Å². The molecule has 0 aromatic heterocycles. The molecule has 0 fully saturated rings. The second kappa shape index (κ2) is 7.66. The standard InChI is InChI=1S/C13H22OSi/c1-3-12-15(2)14-11-7-10-13-8-5-4-6-9-13/h4-6,8-9,15H,3,7,10-12H2,1-2H3. The van der Waals surface area contributed by atoms with Gasteiger partial charge in [-0.25, -0.2) is 0 Å². The molecule has 0 N–H and O–H groups in total. The molecule has 0 bridgehead atoms. The lowest BCUT2D eigenvalue weighted by atomic mass is 10.1. The van der Waals surface area contributed by atoms with Gasteiger partial charge in [-0.15, -0.1) is 0 Å². The van der Waals surface area contributed by atoms with Crippen molar-refractivity contribution < 1.29 is 4.43 Å². The zero-order valence-corrected chi connectivity index (χ0v) is 11.1. The molecule has 0 amide bonds. The molecule has 0 saturated heterocycles. The molecule has 0 spiro atoms. The molecule has 0 aliphatic heterocycles. The van der Waals surface area contributed by atoms with Crippen molar-refractivity contribution in [3.05, 3.63) is 35.9 Å². The Morgan fingerprint density at radius 2 is 1.93 bits per heavy atom. The Morgan fingerprint density at radius 1 is 1.20 bits per heavy atom. The van der Waals surface area contributed by atoms with Gasteiger partial charge in [0.05, 0.1) is 0 Å². The van der Waals surface area contributed by atoms with Gasteiger partial charge in [0.25, 0.3) is 0 Å². The summed E-state index contributed by atoms with van der Waals surface area (Å²) >= 11 is 0. The van der Waals surface area contributed by atoms with Crippen LogP contribution in [0.15, 0.2) is 30.3 Å². The number of rotatable bonds is 7. The average Bonchev–Trinajstić information content (AvgIpc) is 2.26. The van der Waals surface area contributed by atoms with Crippen molar-refractivity contribution in [3.8, 4) is 0 Å². The molecule has 0 heterocycles. The summed E-state index contributed by atoms with van der Waals surface area (Å²) in [6.07, 6.45) is 3.57. The van der Waals surface area contributed by atoms with Crippen LogP contribution in [-0.2, 0) is 10.8 Å². The summed E-state index contributed by atoms with van der Waals surface area (Å²) in [6, 6.07) is 12.0. The van der Waals surface area contributed by atoms with E-state index in [4.69, 9.17) is 4.43 Å². The van der Waals surface area contributed by atoms with E-state index in [1.54, 1.807) is 0 Å². The summed E-state index contributed by atoms with van der Waals surface area (Å²) in [4.78, 5) is 0. The molecule has 1 aromatic rings. The molecular formula is C13H22OSi. The molecule has 1 nitrogen and oxygen atoms in total. The molecule has 84 valence electrons. The van der Waals surface area contributed by atoms with Gasteiger partial charge < -0.3 is 4.43 Å². The van der Waals surface area contributed by atoms with Crippen LogP contribution in [0.25, 0.3) is 0 Å². The maximum Gasteiger partial charge on any atom is 0.173 e. The first-order valence-electron chi connectivity index (χ1n) is 5.98. The summed E-state index contributed by atoms with van der Waals surface area (Å²) in [6.45, 7) is 5.48. The Hall–Kier alpha value is -0.603. The molecule has 1 unspecified atom stereocenters. The van der Waals surface area contributed by atoms with Crippen molar-refractivity contribution in [2.45, 2.75) is 38.8 Å². The topological polar surface area (TPSA) is 9.23 Å². The van der Waals surface area contributed by atoms with Crippen molar-refractivity contribution in [2.75, 3.05) is 6.61 Å². The van der Waals surface area contributed by atoms with E-state index >= 15 is 0 Å². The van der Waals surface area contributed by atoms with E-state index < -0.39 is 9.04 Å². The summed E-state index contributed by atoms with van der Waals surface area (Å²) in [7, 11) is -0.828. The molecule has 15 heavy (non-hydrogen) atoms. The molecule has 0 radical (unpaired) electrons. The number of aryl methyl sites for hydroxylation is 1. The monoisotopic (exact) mass is 222 g/mol. The minimum atomic E-state index is -0.828. The summed E-state index contributed by atoms with van der Waals surface area (Å²) < 4.78 is 5.84. The van der Waals surface area contributed by atoms with E-state index in [-0.39, 0.29) is 0 Å². The molecule has 1 rings (SSSR count). The van der Waals surface area contributed by atoms with Gasteiger partial charge in [0, 0.05) is 6.61 Å². The van der Waals surface area contributed by atoms with Gasteiger partial charge in [-0.1, -0.05) is 43.7 Å². The minimum Gasteiger partial charge on any atom is -0.420 e. The second-order valence-electron chi connectivity index (χ2n) is 4.06. The van der Waals surface area contributed by atoms with Gasteiger partial charge in [0.15, 0.2) is 9.04 Å². The first kappa shape index (κ1) is 12.5. The summed E-state index contributed by atoms with van der Waals surface area (Å²) in [5.74, 6) is 0. The van der Waals surface area contributed by atoms with Crippen LogP contribution in [0.4, 0.5) is 0 Å². The Morgan fingerprint density at radius 3 is 2.60 bits per heavy atom. The third-order valence-electron chi connectivity index (χ3n) is 2.55. The molecule has 0 aliphatic carbocycles. The lowest BCUT2D eigenvalue weighted by Gasteiger charge is -2.10. The van der Waals surface area contributed by atoms with E-state index in [1.165, 1.54) is 18.0 Å². The quantitative estimate of drug-likeness (QED) is 0.507. The molecule has 0 aliphatic rings. The van der Waals surface area contributed by atoms with Gasteiger partial charge in [-0.3, -0.25) is 0 Å². The largest absolute Gasteiger partial charge is 0.420 e. The highest BCUT2D eigenvalue weighted by atomic mass is 28.3. The Kier molecular flexibility index (Phi) is 6.36. The highest BCUT2D eigenvalue weighted by Gasteiger charge is 2.02. The van der Waals surface area contributed by atoms with Crippen LogP contribution in [-0.4, -0.2) is 15.6 Å². The molecule has 1 atom stereocenters. The van der Waals surface area contributed by atoms with Crippen LogP contribution >= 0.6 is 0 Å². The average molecular weight is 222 g/mol. The van der Waals surface area contributed by atoms with E-state index in [2.05, 4.69) is 43.8 Å². The lowest BCUT2D eigenvalue weighted by Crippen LogP contribution is -2.13. The van der Waals surface area contributed by atoms with Crippen LogP contribution in [0.1, 0.15) is 25.3 Å². The van der Waals surface area contributed by atoms with Crippen molar-refractivity contribution in [1.82, 2.24) is 0 Å². The SMILES string of the molecule is CCC[SiH](C)OCCCc1ccccc1. The smallest absolute Gasteiger partial charge is 0.173 e. The zero-order chi connectivity index (χ0) is 10.9. The highest BCUT2D eigenvalue weighted by Crippen LogP contribution is 2.04. The number of hydrogen-bond acceptors (Lipinski definition) is 1. The lowest BCUT2D eigenvalue weighted by molar-refractivity contribution is 0.315. The van der Waals surface area contributed by atoms with Crippen LogP contribution < -0.4 is 0 Å². The fourth-order valence-electron chi connectivity index (χ4n) is 1.70. The third-order valence-corrected chi connectivity index (χ3v) is 4.75. The van der Waals surface area contributed by atoms with E-state index in [1.807, 2.05) is 0 Å².